The summed E-state index contributed by atoms with van der Waals surface area (Å²) in [6.45, 7) is -0.0906. The van der Waals surface area contributed by atoms with Crippen LogP contribution in [-0.4, -0.2) is 16.7 Å². The Kier molecular flexibility index (Phi) is 8.34. The number of anilines is 6. The van der Waals surface area contributed by atoms with E-state index in [1.807, 2.05) is 18.5 Å². The Balaban J connectivity index is 1.09. The summed E-state index contributed by atoms with van der Waals surface area (Å²) in [5.41, 5.74) is 16.2. The lowest BCUT2D eigenvalue weighted by Crippen LogP contribution is -2.61. The lowest BCUT2D eigenvalue weighted by atomic mass is 9.33. The van der Waals surface area contributed by atoms with Gasteiger partial charge in [0.15, 0.2) is 5.82 Å². The van der Waals surface area contributed by atoms with E-state index in [9.17, 15) is 0 Å². The van der Waals surface area contributed by atoms with Gasteiger partial charge in [0.25, 0.3) is 6.71 Å². The number of aromatic nitrogens is 2. The van der Waals surface area contributed by atoms with Gasteiger partial charge in [-0.2, -0.15) is 0 Å². The molecule has 0 unspecified atom stereocenters. The first-order chi connectivity index (χ1) is 33.2. The topological polar surface area (TPSA) is 32.3 Å². The predicted molar refractivity (Wildman–Crippen MR) is 282 cm³/mol. The van der Waals surface area contributed by atoms with Gasteiger partial charge in [0.1, 0.15) is 0 Å². The van der Waals surface area contributed by atoms with Crippen molar-refractivity contribution < 1.29 is 0 Å². The lowest BCUT2D eigenvalue weighted by molar-refractivity contribution is 1.17. The van der Waals surface area contributed by atoms with Gasteiger partial charge in [-0.15, -0.1) is 0 Å². The number of hydrogen-bond donors (Lipinski definition) is 0. The summed E-state index contributed by atoms with van der Waals surface area (Å²) < 4.78 is 0. The number of benzene rings is 11. The Labute approximate surface area is 388 Å². The number of rotatable bonds is 5. The molecule has 11 aromatic carbocycles. The molecule has 0 bridgehead atoms. The maximum atomic E-state index is 4.88. The van der Waals surface area contributed by atoms with E-state index in [0.29, 0.717) is 5.82 Å². The molecule has 67 heavy (non-hydrogen) atoms. The minimum absolute atomic E-state index is 0.0906. The molecule has 5 heteroatoms. The maximum Gasteiger partial charge on any atom is 0.252 e. The van der Waals surface area contributed by atoms with E-state index in [-0.39, 0.29) is 6.71 Å². The highest BCUT2D eigenvalue weighted by molar-refractivity contribution is 7.00. The molecule has 0 aliphatic carbocycles. The standard InChI is InChI=1S/C62H39BN4/c1-3-12-40(13-4-1)42-20-24-53(25-21-42)66-57-36-50-32-46-18-9-7-16-44(46)30-48(50)34-55(57)63-56-35-49-31-45-17-8-10-19-47(45)33-51(49)37-58(56)67(54-26-22-43(23-27-54)41-14-5-2-6-15-41)60-39-52(38-59(66)61(60)63)62-64-28-11-29-65-62/h1-39H. The number of fused-ring (bicyclic) bond motifs is 8. The Morgan fingerprint density at radius 1 is 0.284 bits per heavy atom. The second kappa shape index (κ2) is 14.9. The van der Waals surface area contributed by atoms with Gasteiger partial charge >= 0.3 is 0 Å². The Hall–Kier alpha value is -8.80. The minimum Gasteiger partial charge on any atom is -0.311 e. The minimum atomic E-state index is -0.0906. The first kappa shape index (κ1) is 37.6. The average Bonchev–Trinajstić information content (AvgIpc) is 3.39. The molecular weight excluding hydrogens is 812 g/mol. The monoisotopic (exact) mass is 850 g/mol. The molecule has 0 fully saturated rings. The van der Waals surface area contributed by atoms with Crippen LogP contribution in [0.4, 0.5) is 34.1 Å². The van der Waals surface area contributed by atoms with Crippen LogP contribution in [0.5, 0.6) is 0 Å². The zero-order valence-electron chi connectivity index (χ0n) is 36.4. The number of nitrogens with zero attached hydrogens (tertiary/aromatic N) is 4. The van der Waals surface area contributed by atoms with Crippen LogP contribution < -0.4 is 26.2 Å². The lowest BCUT2D eigenvalue weighted by Gasteiger charge is -2.44. The van der Waals surface area contributed by atoms with Crippen LogP contribution >= 0.6 is 0 Å². The molecule has 310 valence electrons. The van der Waals surface area contributed by atoms with Gasteiger partial charge in [0.05, 0.1) is 0 Å². The van der Waals surface area contributed by atoms with Crippen molar-refractivity contribution in [2.75, 3.05) is 9.80 Å². The van der Waals surface area contributed by atoms with Gasteiger partial charge in [0.2, 0.25) is 0 Å². The molecule has 14 rings (SSSR count). The van der Waals surface area contributed by atoms with Crippen molar-refractivity contribution in [3.8, 4) is 33.6 Å². The van der Waals surface area contributed by atoms with Gasteiger partial charge in [-0.3, -0.25) is 0 Å². The molecule has 0 N–H and O–H groups in total. The third kappa shape index (κ3) is 6.09. The summed E-state index contributed by atoms with van der Waals surface area (Å²) in [6, 6.07) is 82.7. The van der Waals surface area contributed by atoms with Crippen LogP contribution in [0.1, 0.15) is 0 Å². The average molecular weight is 851 g/mol. The third-order valence-corrected chi connectivity index (χ3v) is 14.0. The highest BCUT2D eigenvalue weighted by atomic mass is 15.2. The molecular formula is C62H39BN4. The van der Waals surface area contributed by atoms with Crippen molar-refractivity contribution in [3.63, 3.8) is 0 Å². The summed E-state index contributed by atoms with van der Waals surface area (Å²) in [4.78, 5) is 14.7. The zero-order chi connectivity index (χ0) is 44.0. The third-order valence-electron chi connectivity index (χ3n) is 14.0. The molecule has 12 aromatic rings. The van der Waals surface area contributed by atoms with E-state index in [1.54, 1.807) is 0 Å². The normalized spacial score (nSPS) is 12.7. The molecule has 1 aromatic heterocycles. The summed E-state index contributed by atoms with van der Waals surface area (Å²) in [5.74, 6) is 0.684. The SMILES string of the molecule is c1ccc(-c2ccc(N3c4cc5cc6ccccc6cc5cc4B4c5cc6cc7ccccc7cc6cc5N(c5ccc(-c6ccccc6)cc5)c5cc(-c6ncccn6)cc3c54)cc2)cc1. The molecule has 2 aliphatic rings. The largest absolute Gasteiger partial charge is 0.311 e. The van der Waals surface area contributed by atoms with Crippen LogP contribution in [0.3, 0.4) is 0 Å². The maximum absolute atomic E-state index is 4.88. The summed E-state index contributed by atoms with van der Waals surface area (Å²) >= 11 is 0. The first-order valence-electron chi connectivity index (χ1n) is 23.0. The molecule has 0 saturated carbocycles. The fourth-order valence-corrected chi connectivity index (χ4v) is 10.9. The van der Waals surface area contributed by atoms with Gasteiger partial charge < -0.3 is 9.80 Å². The van der Waals surface area contributed by atoms with Crippen molar-refractivity contribution in [2.45, 2.75) is 0 Å². The highest BCUT2D eigenvalue weighted by Gasteiger charge is 2.44. The first-order valence-corrected chi connectivity index (χ1v) is 23.0. The van der Waals surface area contributed by atoms with E-state index in [4.69, 9.17) is 9.97 Å². The Bertz CT molecular complexity index is 3680. The second-order valence-corrected chi connectivity index (χ2v) is 17.8. The Morgan fingerprint density at radius 3 is 1.07 bits per heavy atom. The van der Waals surface area contributed by atoms with Crippen LogP contribution in [-0.2, 0) is 0 Å². The van der Waals surface area contributed by atoms with Crippen molar-refractivity contribution in [2.24, 2.45) is 0 Å². The van der Waals surface area contributed by atoms with Gasteiger partial charge in [-0.1, -0.05) is 146 Å². The van der Waals surface area contributed by atoms with Crippen molar-refractivity contribution in [3.05, 3.63) is 237 Å². The van der Waals surface area contributed by atoms with E-state index in [1.165, 1.54) is 81.7 Å². The van der Waals surface area contributed by atoms with E-state index >= 15 is 0 Å². The van der Waals surface area contributed by atoms with Gasteiger partial charge in [-0.05, 0) is 161 Å². The van der Waals surface area contributed by atoms with Crippen molar-refractivity contribution in [1.82, 2.24) is 9.97 Å². The van der Waals surface area contributed by atoms with E-state index in [2.05, 4.69) is 228 Å². The predicted octanol–water partition coefficient (Wildman–Crippen LogP) is 14.2. The molecule has 3 heterocycles. The molecule has 0 atom stereocenters. The van der Waals surface area contributed by atoms with Crippen molar-refractivity contribution in [1.29, 1.82) is 0 Å². The molecule has 0 amide bonds. The molecule has 2 aliphatic heterocycles. The molecule has 4 nitrogen and oxygen atoms in total. The highest BCUT2D eigenvalue weighted by Crippen LogP contribution is 2.47. The molecule has 0 spiro atoms. The smallest absolute Gasteiger partial charge is 0.252 e. The molecule has 0 saturated heterocycles. The fourth-order valence-electron chi connectivity index (χ4n) is 10.9. The quantitative estimate of drug-likeness (QED) is 0.128. The second-order valence-electron chi connectivity index (χ2n) is 17.8. The molecule has 0 radical (unpaired) electrons. The fraction of sp³-hybridized carbons (Fsp3) is 0. The van der Waals surface area contributed by atoms with Crippen LogP contribution in [0, 0.1) is 0 Å². The Morgan fingerprint density at radius 2 is 0.657 bits per heavy atom. The summed E-state index contributed by atoms with van der Waals surface area (Å²) in [5, 5.41) is 9.79. The number of hydrogen-bond acceptors (Lipinski definition) is 4. The summed E-state index contributed by atoms with van der Waals surface area (Å²) in [7, 11) is 0. The van der Waals surface area contributed by atoms with Crippen LogP contribution in [0.2, 0.25) is 0 Å². The zero-order valence-corrected chi connectivity index (χ0v) is 36.4. The van der Waals surface area contributed by atoms with Crippen molar-refractivity contribution >= 4 is 100 Å². The van der Waals surface area contributed by atoms with E-state index in [0.717, 1.165) is 39.7 Å². The van der Waals surface area contributed by atoms with Gasteiger partial charge in [-0.25, -0.2) is 9.97 Å². The van der Waals surface area contributed by atoms with Crippen LogP contribution in [0.25, 0.3) is 76.7 Å². The van der Waals surface area contributed by atoms with Gasteiger partial charge in [0, 0.05) is 52.1 Å². The van der Waals surface area contributed by atoms with Crippen LogP contribution in [0.15, 0.2) is 237 Å². The van der Waals surface area contributed by atoms with E-state index < -0.39 is 0 Å². The summed E-state index contributed by atoms with van der Waals surface area (Å²) in [6.07, 6.45) is 3.68.